The Labute approximate surface area is 160 Å². The van der Waals surface area contributed by atoms with Crippen LogP contribution < -0.4 is 10.1 Å². The molecule has 1 aromatic heterocycles. The van der Waals surface area contributed by atoms with Gasteiger partial charge in [0.15, 0.2) is 0 Å². The molecule has 5 nitrogen and oxygen atoms in total. The van der Waals surface area contributed by atoms with Crippen molar-refractivity contribution < 1.29 is 9.53 Å². The van der Waals surface area contributed by atoms with E-state index in [1.807, 2.05) is 31.2 Å². The molecule has 0 unspecified atom stereocenters. The molecule has 1 aromatic carbocycles. The molecule has 2 heterocycles. The van der Waals surface area contributed by atoms with Gasteiger partial charge < -0.3 is 10.1 Å². The largest absolute Gasteiger partial charge is 0.492 e. The molecule has 0 spiro atoms. The fourth-order valence-corrected chi connectivity index (χ4v) is 3.86. The maximum absolute atomic E-state index is 12.3. The van der Waals surface area contributed by atoms with Crippen LogP contribution in [0.25, 0.3) is 0 Å². The van der Waals surface area contributed by atoms with Crippen molar-refractivity contribution in [2.75, 3.05) is 26.2 Å². The van der Waals surface area contributed by atoms with Crippen LogP contribution in [0.1, 0.15) is 28.2 Å². The van der Waals surface area contributed by atoms with Gasteiger partial charge in [0.25, 0.3) is 5.91 Å². The first kappa shape index (κ1) is 18.4. The molecule has 25 heavy (non-hydrogen) atoms. The van der Waals surface area contributed by atoms with E-state index in [1.165, 1.54) is 11.3 Å². The zero-order valence-corrected chi connectivity index (χ0v) is 16.6. The first-order valence-corrected chi connectivity index (χ1v) is 10.1. The van der Waals surface area contributed by atoms with E-state index in [4.69, 9.17) is 4.74 Å². The Hall–Kier alpha value is -1.44. The van der Waals surface area contributed by atoms with Crippen molar-refractivity contribution in [3.63, 3.8) is 0 Å². The van der Waals surface area contributed by atoms with Gasteiger partial charge in [-0.2, -0.15) is 0 Å². The molecule has 2 aromatic rings. The Morgan fingerprint density at radius 1 is 1.36 bits per heavy atom. The maximum atomic E-state index is 12.3. The van der Waals surface area contributed by atoms with Gasteiger partial charge in [0.2, 0.25) is 0 Å². The lowest BCUT2D eigenvalue weighted by atomic mass is 10.0. The second-order valence-corrected chi connectivity index (χ2v) is 7.93. The van der Waals surface area contributed by atoms with E-state index in [2.05, 4.69) is 31.1 Å². The van der Waals surface area contributed by atoms with E-state index >= 15 is 0 Å². The van der Waals surface area contributed by atoms with E-state index in [-0.39, 0.29) is 11.9 Å². The quantitative estimate of drug-likeness (QED) is 0.772. The topological polar surface area (TPSA) is 54.5 Å². The van der Waals surface area contributed by atoms with E-state index < -0.39 is 0 Å². The number of hydrogen-bond donors (Lipinski definition) is 1. The molecule has 1 aliphatic heterocycles. The molecule has 1 aliphatic rings. The number of nitrogens with zero attached hydrogens (tertiary/aromatic N) is 2. The van der Waals surface area contributed by atoms with Crippen molar-refractivity contribution in [2.24, 2.45) is 0 Å². The summed E-state index contributed by atoms with van der Waals surface area (Å²) in [6.07, 6.45) is 1.95. The summed E-state index contributed by atoms with van der Waals surface area (Å²) >= 11 is 4.82. The number of likely N-dealkylation sites (tertiary alicyclic amines) is 1. The van der Waals surface area contributed by atoms with E-state index in [9.17, 15) is 4.79 Å². The highest BCUT2D eigenvalue weighted by atomic mass is 79.9. The van der Waals surface area contributed by atoms with Crippen molar-refractivity contribution in [1.29, 1.82) is 0 Å². The molecule has 0 saturated carbocycles. The molecular weight excluding hydrogens is 402 g/mol. The van der Waals surface area contributed by atoms with Gasteiger partial charge in [-0.05, 0) is 44.0 Å². The summed E-state index contributed by atoms with van der Waals surface area (Å²) in [4.78, 5) is 19.5. The molecule has 0 aliphatic carbocycles. The lowest BCUT2D eigenvalue weighted by molar-refractivity contribution is 0.0908. The summed E-state index contributed by atoms with van der Waals surface area (Å²) in [5, 5.41) is 3.14. The predicted molar refractivity (Wildman–Crippen MR) is 103 cm³/mol. The first-order chi connectivity index (χ1) is 12.1. The number of aromatic nitrogens is 1. The number of hydrogen-bond acceptors (Lipinski definition) is 5. The Morgan fingerprint density at radius 3 is 2.72 bits per heavy atom. The van der Waals surface area contributed by atoms with Gasteiger partial charge in [0.05, 0.1) is 11.2 Å². The van der Waals surface area contributed by atoms with Gasteiger partial charge in [0, 0.05) is 30.1 Å². The molecule has 1 N–H and O–H groups in total. The zero-order valence-electron chi connectivity index (χ0n) is 14.2. The average Bonchev–Trinajstić information content (AvgIpc) is 3.04. The number of ether oxygens (including phenoxy) is 1. The van der Waals surface area contributed by atoms with Crippen LogP contribution >= 0.6 is 27.3 Å². The SMILES string of the molecule is Cc1ncsc1C(=O)NC1CCN(CCOc2ccc(Br)cc2)CC1. The van der Waals surface area contributed by atoms with Gasteiger partial charge in [-0.15, -0.1) is 11.3 Å². The standard InChI is InChI=1S/C18H22BrN3O2S/c1-13-17(25-12-20-13)18(23)21-15-6-8-22(9-7-15)10-11-24-16-4-2-14(19)3-5-16/h2-5,12,15H,6-11H2,1H3,(H,21,23). The number of aryl methyl sites for hydroxylation is 1. The third-order valence-electron chi connectivity index (χ3n) is 4.36. The molecule has 0 radical (unpaired) electrons. The predicted octanol–water partition coefficient (Wildman–Crippen LogP) is 3.49. The number of rotatable bonds is 6. The second kappa shape index (κ2) is 8.78. The molecule has 0 atom stereocenters. The van der Waals surface area contributed by atoms with Crippen molar-refractivity contribution in [2.45, 2.75) is 25.8 Å². The fraction of sp³-hybridized carbons (Fsp3) is 0.444. The number of nitrogens with one attached hydrogen (secondary N) is 1. The van der Waals surface area contributed by atoms with Gasteiger partial charge >= 0.3 is 0 Å². The van der Waals surface area contributed by atoms with Crippen LogP contribution in [0, 0.1) is 6.92 Å². The smallest absolute Gasteiger partial charge is 0.263 e. The summed E-state index contributed by atoms with van der Waals surface area (Å²) in [6.45, 7) is 5.43. The minimum Gasteiger partial charge on any atom is -0.492 e. The highest BCUT2D eigenvalue weighted by Crippen LogP contribution is 2.17. The molecule has 1 saturated heterocycles. The lowest BCUT2D eigenvalue weighted by Crippen LogP contribution is -2.45. The first-order valence-electron chi connectivity index (χ1n) is 8.43. The highest BCUT2D eigenvalue weighted by Gasteiger charge is 2.22. The molecular formula is C18H22BrN3O2S. The molecule has 1 fully saturated rings. The Bertz CT molecular complexity index is 697. The number of halogens is 1. The molecule has 7 heteroatoms. The number of thiazole rings is 1. The summed E-state index contributed by atoms with van der Waals surface area (Å²) < 4.78 is 6.83. The number of carbonyl (C=O) groups is 1. The van der Waals surface area contributed by atoms with Crippen LogP contribution in [0.2, 0.25) is 0 Å². The molecule has 0 bridgehead atoms. The second-order valence-electron chi connectivity index (χ2n) is 6.16. The van der Waals surface area contributed by atoms with Crippen LogP contribution in [0.15, 0.2) is 34.2 Å². The number of carbonyl (C=O) groups excluding carboxylic acids is 1. The van der Waals surface area contributed by atoms with Crippen molar-refractivity contribution in [1.82, 2.24) is 15.2 Å². The van der Waals surface area contributed by atoms with Gasteiger partial charge in [-0.25, -0.2) is 4.98 Å². The summed E-state index contributed by atoms with van der Waals surface area (Å²) in [5.74, 6) is 0.905. The van der Waals surface area contributed by atoms with Crippen molar-refractivity contribution in [3.05, 3.63) is 44.8 Å². The Morgan fingerprint density at radius 2 is 2.08 bits per heavy atom. The zero-order chi connectivity index (χ0) is 17.6. The average molecular weight is 424 g/mol. The van der Waals surface area contributed by atoms with Crippen molar-refractivity contribution >= 4 is 33.2 Å². The van der Waals surface area contributed by atoms with E-state index in [1.54, 1.807) is 5.51 Å². The normalized spacial score (nSPS) is 15.9. The number of amides is 1. The monoisotopic (exact) mass is 423 g/mol. The highest BCUT2D eigenvalue weighted by molar-refractivity contribution is 9.10. The maximum Gasteiger partial charge on any atom is 0.263 e. The van der Waals surface area contributed by atoms with E-state index in [0.717, 1.165) is 53.3 Å². The molecule has 1 amide bonds. The van der Waals surface area contributed by atoms with Gasteiger partial charge in [-0.3, -0.25) is 9.69 Å². The molecule has 3 rings (SSSR count). The summed E-state index contributed by atoms with van der Waals surface area (Å²) in [7, 11) is 0. The van der Waals surface area contributed by atoms with Gasteiger partial charge in [-0.1, -0.05) is 15.9 Å². The fourth-order valence-electron chi connectivity index (χ4n) is 2.90. The minimum atomic E-state index is 0.0111. The van der Waals surface area contributed by atoms with Crippen LogP contribution in [0.4, 0.5) is 0 Å². The van der Waals surface area contributed by atoms with Gasteiger partial charge in [0.1, 0.15) is 17.2 Å². The number of benzene rings is 1. The van der Waals surface area contributed by atoms with Crippen LogP contribution in [0.5, 0.6) is 5.75 Å². The lowest BCUT2D eigenvalue weighted by Gasteiger charge is -2.32. The molecule has 134 valence electrons. The summed E-state index contributed by atoms with van der Waals surface area (Å²) in [6, 6.07) is 8.14. The minimum absolute atomic E-state index is 0.0111. The van der Waals surface area contributed by atoms with Crippen LogP contribution in [-0.4, -0.2) is 48.1 Å². The van der Waals surface area contributed by atoms with Crippen LogP contribution in [0.3, 0.4) is 0 Å². The summed E-state index contributed by atoms with van der Waals surface area (Å²) in [5.41, 5.74) is 2.53. The Kier molecular flexibility index (Phi) is 6.45. The van der Waals surface area contributed by atoms with Crippen molar-refractivity contribution in [3.8, 4) is 5.75 Å². The third kappa shape index (κ3) is 5.26. The van der Waals surface area contributed by atoms with Crippen LogP contribution in [-0.2, 0) is 0 Å². The third-order valence-corrected chi connectivity index (χ3v) is 5.82. The Balaban J connectivity index is 1.36. The number of piperidine rings is 1. The van der Waals surface area contributed by atoms with E-state index in [0.29, 0.717) is 6.61 Å².